The van der Waals surface area contributed by atoms with Gasteiger partial charge in [-0.2, -0.15) is 4.98 Å². The third-order valence-corrected chi connectivity index (χ3v) is 3.85. The normalized spacial score (nSPS) is 26.2. The number of nitrogen functional groups attached to an aromatic ring is 1. The lowest BCUT2D eigenvalue weighted by atomic mass is 10.2. The molecule has 1 fully saturated rings. The number of rotatable bonds is 5. The van der Waals surface area contributed by atoms with Gasteiger partial charge in [0.1, 0.15) is 12.0 Å². The van der Waals surface area contributed by atoms with Crippen LogP contribution in [0.2, 0.25) is 0 Å². The topological polar surface area (TPSA) is 126 Å². The van der Waals surface area contributed by atoms with Crippen molar-refractivity contribution >= 4 is 13.6 Å². The summed E-state index contributed by atoms with van der Waals surface area (Å²) in [4.78, 5) is 24.2. The molecule has 4 atom stereocenters. The van der Waals surface area contributed by atoms with E-state index in [-0.39, 0.29) is 18.8 Å². The lowest BCUT2D eigenvalue weighted by Gasteiger charge is -2.17. The first-order chi connectivity index (χ1) is 10.8. The van der Waals surface area contributed by atoms with Crippen molar-refractivity contribution in [2.45, 2.75) is 24.9 Å². The number of nitrogens with zero attached hydrogens (tertiary/aromatic N) is 2. The monoisotopic (exact) mass is 357 g/mol. The van der Waals surface area contributed by atoms with Gasteiger partial charge in [0.15, 0.2) is 6.23 Å². The van der Waals surface area contributed by atoms with Gasteiger partial charge in [0.25, 0.3) is 0 Å². The van der Waals surface area contributed by atoms with Crippen molar-refractivity contribution in [1.82, 2.24) is 9.55 Å². The van der Waals surface area contributed by atoms with Crippen molar-refractivity contribution in [3.8, 4) is 0 Å². The molecule has 23 heavy (non-hydrogen) atoms. The minimum Gasteiger partial charge on any atom is -0.383 e. The molecular weight excluding hydrogens is 339 g/mol. The molecule has 0 aromatic carbocycles. The SMILES string of the molecule is CF.COP(=O)(O)OCC1CC(F)C(n2ccc(N)nc2=O)O1. The van der Waals surface area contributed by atoms with Gasteiger partial charge in [-0.3, -0.25) is 18.0 Å². The molecule has 12 heteroatoms. The van der Waals surface area contributed by atoms with Crippen LogP contribution in [0.25, 0.3) is 0 Å². The van der Waals surface area contributed by atoms with E-state index in [2.05, 4.69) is 14.0 Å². The molecule has 1 aromatic heterocycles. The zero-order chi connectivity index (χ0) is 17.6. The molecule has 0 aliphatic carbocycles. The van der Waals surface area contributed by atoms with E-state index in [4.69, 9.17) is 15.4 Å². The standard InChI is InChI=1S/C10H15FN3O6P.CH3F/c1-18-21(16,17)19-5-6-4-7(11)9(20-6)14-3-2-8(12)13-10(14)15;1-2/h2-3,6-7,9H,4-5H2,1H3,(H,16,17)(H2,12,13,15);1H3. The molecule has 0 amide bonds. The molecule has 0 bridgehead atoms. The van der Waals surface area contributed by atoms with E-state index < -0.39 is 32.0 Å². The lowest BCUT2D eigenvalue weighted by Crippen LogP contribution is -2.30. The fraction of sp³-hybridized carbons (Fsp3) is 0.636. The number of phosphoric acid groups is 1. The molecule has 1 aliphatic heterocycles. The van der Waals surface area contributed by atoms with Crippen LogP contribution >= 0.6 is 7.82 Å². The number of nitrogens with two attached hydrogens (primary N) is 1. The zero-order valence-corrected chi connectivity index (χ0v) is 13.4. The summed E-state index contributed by atoms with van der Waals surface area (Å²) >= 11 is 0. The summed E-state index contributed by atoms with van der Waals surface area (Å²) in [7, 11) is -2.64. The number of anilines is 1. The predicted octanol–water partition coefficient (Wildman–Crippen LogP) is 0.800. The molecule has 2 heterocycles. The first kappa shape index (κ1) is 19.7. The van der Waals surface area contributed by atoms with E-state index in [1.807, 2.05) is 0 Å². The van der Waals surface area contributed by atoms with Crippen LogP contribution in [0.3, 0.4) is 0 Å². The Hall–Kier alpha value is -1.39. The second kappa shape index (κ2) is 8.46. The Morgan fingerprint density at radius 2 is 2.26 bits per heavy atom. The first-order valence-corrected chi connectivity index (χ1v) is 7.87. The molecule has 2 rings (SSSR count). The van der Waals surface area contributed by atoms with Crippen molar-refractivity contribution in [3.05, 3.63) is 22.7 Å². The second-order valence-electron chi connectivity index (χ2n) is 4.39. The van der Waals surface area contributed by atoms with Gasteiger partial charge in [-0.25, -0.2) is 13.8 Å². The fourth-order valence-corrected chi connectivity index (χ4v) is 2.36. The van der Waals surface area contributed by atoms with E-state index in [9.17, 15) is 18.1 Å². The average molecular weight is 357 g/mol. The lowest BCUT2D eigenvalue weighted by molar-refractivity contribution is -0.0393. The molecule has 4 unspecified atom stereocenters. The highest BCUT2D eigenvalue weighted by Crippen LogP contribution is 2.43. The van der Waals surface area contributed by atoms with E-state index in [0.29, 0.717) is 7.18 Å². The van der Waals surface area contributed by atoms with Crippen LogP contribution in [0.15, 0.2) is 17.1 Å². The third kappa shape index (κ3) is 5.33. The number of halogens is 2. The summed E-state index contributed by atoms with van der Waals surface area (Å²) in [6.07, 6.45) is -2.27. The van der Waals surface area contributed by atoms with Gasteiger partial charge in [-0.1, -0.05) is 0 Å². The van der Waals surface area contributed by atoms with Crippen LogP contribution in [-0.4, -0.2) is 47.6 Å². The van der Waals surface area contributed by atoms with Crippen LogP contribution in [0, 0.1) is 0 Å². The summed E-state index contributed by atoms with van der Waals surface area (Å²) in [5.41, 5.74) is 4.61. The van der Waals surface area contributed by atoms with Crippen LogP contribution < -0.4 is 11.4 Å². The van der Waals surface area contributed by atoms with Gasteiger partial charge in [-0.05, 0) is 6.07 Å². The molecule has 132 valence electrons. The molecule has 0 spiro atoms. The Morgan fingerprint density at radius 1 is 1.61 bits per heavy atom. The highest BCUT2D eigenvalue weighted by molar-refractivity contribution is 7.47. The van der Waals surface area contributed by atoms with Gasteiger partial charge in [-0.15, -0.1) is 0 Å². The number of phosphoric ester groups is 1. The van der Waals surface area contributed by atoms with Gasteiger partial charge in [0.05, 0.1) is 19.9 Å². The molecular formula is C11H18F2N3O6P. The van der Waals surface area contributed by atoms with Crippen molar-refractivity contribution in [2.24, 2.45) is 0 Å². The summed E-state index contributed by atoms with van der Waals surface area (Å²) in [6, 6.07) is 1.34. The maximum absolute atomic E-state index is 13.9. The van der Waals surface area contributed by atoms with Crippen molar-refractivity contribution in [3.63, 3.8) is 0 Å². The van der Waals surface area contributed by atoms with E-state index >= 15 is 0 Å². The smallest absolute Gasteiger partial charge is 0.383 e. The van der Waals surface area contributed by atoms with E-state index in [1.54, 1.807) is 0 Å². The number of hydrogen-bond acceptors (Lipinski definition) is 7. The maximum atomic E-state index is 13.9. The largest absolute Gasteiger partial charge is 0.472 e. The molecule has 0 saturated carbocycles. The number of hydrogen-bond donors (Lipinski definition) is 2. The van der Waals surface area contributed by atoms with Gasteiger partial charge < -0.3 is 15.4 Å². The molecule has 1 aromatic rings. The average Bonchev–Trinajstić information content (AvgIpc) is 2.88. The Kier molecular flexibility index (Phi) is 7.23. The first-order valence-electron chi connectivity index (χ1n) is 6.37. The van der Waals surface area contributed by atoms with Crippen LogP contribution in [-0.2, 0) is 18.3 Å². The van der Waals surface area contributed by atoms with Gasteiger partial charge in [0.2, 0.25) is 0 Å². The Balaban J connectivity index is 0.00000127. The fourth-order valence-electron chi connectivity index (χ4n) is 1.90. The summed E-state index contributed by atoms with van der Waals surface area (Å²) in [5.74, 6) is 0.0193. The quantitative estimate of drug-likeness (QED) is 0.741. The van der Waals surface area contributed by atoms with E-state index in [0.717, 1.165) is 11.7 Å². The molecule has 9 nitrogen and oxygen atoms in total. The summed E-state index contributed by atoms with van der Waals surface area (Å²) in [6.45, 7) is -0.338. The zero-order valence-electron chi connectivity index (χ0n) is 12.5. The molecule has 3 N–H and O–H groups in total. The molecule has 1 aliphatic rings. The van der Waals surface area contributed by atoms with Crippen LogP contribution in [0.5, 0.6) is 0 Å². The summed E-state index contributed by atoms with van der Waals surface area (Å²) in [5, 5.41) is 0. The van der Waals surface area contributed by atoms with Crippen molar-refractivity contribution in [2.75, 3.05) is 26.6 Å². The van der Waals surface area contributed by atoms with Crippen molar-refractivity contribution in [1.29, 1.82) is 0 Å². The van der Waals surface area contributed by atoms with Gasteiger partial charge in [0, 0.05) is 19.7 Å². The summed E-state index contributed by atoms with van der Waals surface area (Å²) < 4.78 is 49.7. The Labute approximate surface area is 130 Å². The Morgan fingerprint density at radius 3 is 2.83 bits per heavy atom. The number of alkyl halides is 2. The van der Waals surface area contributed by atoms with E-state index in [1.165, 1.54) is 12.3 Å². The van der Waals surface area contributed by atoms with Gasteiger partial charge >= 0.3 is 13.5 Å². The second-order valence-corrected chi connectivity index (χ2v) is 5.95. The minimum atomic E-state index is -4.15. The Bertz CT molecular complexity index is 616. The molecule has 0 radical (unpaired) electrons. The number of ether oxygens (including phenoxy) is 1. The maximum Gasteiger partial charge on any atom is 0.472 e. The predicted molar refractivity (Wildman–Crippen MR) is 76.2 cm³/mol. The molecule has 1 saturated heterocycles. The van der Waals surface area contributed by atoms with Crippen LogP contribution in [0.1, 0.15) is 12.6 Å². The van der Waals surface area contributed by atoms with Crippen molar-refractivity contribution < 1.29 is 32.0 Å². The minimum absolute atomic E-state index is 0.0193. The number of aromatic nitrogens is 2. The highest BCUT2D eigenvalue weighted by atomic mass is 31.2. The van der Waals surface area contributed by atoms with Crippen LogP contribution in [0.4, 0.5) is 14.6 Å². The highest BCUT2D eigenvalue weighted by Gasteiger charge is 2.38. The third-order valence-electron chi connectivity index (χ3n) is 2.91.